The number of amides is 1. The minimum Gasteiger partial charge on any atom is -0.354 e. The van der Waals surface area contributed by atoms with Gasteiger partial charge in [-0.15, -0.1) is 0 Å². The van der Waals surface area contributed by atoms with Crippen LogP contribution in [0.5, 0.6) is 0 Å². The Morgan fingerprint density at radius 3 is 2.96 bits per heavy atom. The third kappa shape index (κ3) is 2.62. The van der Waals surface area contributed by atoms with E-state index in [-0.39, 0.29) is 5.91 Å². The first kappa shape index (κ1) is 15.1. The molecule has 1 atom stereocenters. The monoisotopic (exact) mass is 323 g/mol. The molecule has 2 aromatic heterocycles. The first-order valence-corrected chi connectivity index (χ1v) is 8.52. The van der Waals surface area contributed by atoms with Crippen LogP contribution in [-0.2, 0) is 13.0 Å². The number of carbonyl (C=O) groups is 1. The van der Waals surface area contributed by atoms with Crippen LogP contribution in [0.2, 0.25) is 0 Å². The summed E-state index contributed by atoms with van der Waals surface area (Å²) in [5.74, 6) is 1.09. The lowest BCUT2D eigenvalue weighted by atomic mass is 10.0. The fraction of sp³-hybridized carbons (Fsp3) is 0.444. The predicted molar refractivity (Wildman–Crippen MR) is 90.8 cm³/mol. The van der Waals surface area contributed by atoms with Gasteiger partial charge in [-0.3, -0.25) is 9.78 Å². The Morgan fingerprint density at radius 1 is 1.29 bits per heavy atom. The molecular weight excluding hydrogens is 302 g/mol. The normalized spacial score (nSPS) is 20.1. The molecular formula is C18H21N5O. The lowest BCUT2D eigenvalue weighted by Crippen LogP contribution is -2.38. The Labute approximate surface area is 141 Å². The van der Waals surface area contributed by atoms with Crippen molar-refractivity contribution in [2.75, 3.05) is 18.0 Å². The lowest BCUT2D eigenvalue weighted by molar-refractivity contribution is 0.0731. The van der Waals surface area contributed by atoms with Gasteiger partial charge in [-0.1, -0.05) is 0 Å². The van der Waals surface area contributed by atoms with E-state index in [1.54, 1.807) is 24.8 Å². The molecule has 0 bridgehead atoms. The van der Waals surface area contributed by atoms with Crippen LogP contribution < -0.4 is 4.90 Å². The number of anilines is 1. The molecule has 0 unspecified atom stereocenters. The molecule has 0 aromatic carbocycles. The summed E-state index contributed by atoms with van der Waals surface area (Å²) in [6.45, 7) is 4.55. The third-order valence-electron chi connectivity index (χ3n) is 5.00. The molecule has 4 heterocycles. The van der Waals surface area contributed by atoms with Gasteiger partial charge in [0.1, 0.15) is 12.1 Å². The Balaban J connectivity index is 1.59. The second-order valence-corrected chi connectivity index (χ2v) is 6.53. The summed E-state index contributed by atoms with van der Waals surface area (Å²) >= 11 is 0. The first-order chi connectivity index (χ1) is 11.7. The van der Waals surface area contributed by atoms with Gasteiger partial charge >= 0.3 is 0 Å². The van der Waals surface area contributed by atoms with E-state index in [0.29, 0.717) is 24.7 Å². The van der Waals surface area contributed by atoms with E-state index in [4.69, 9.17) is 0 Å². The molecule has 1 saturated heterocycles. The van der Waals surface area contributed by atoms with Gasteiger partial charge in [0, 0.05) is 37.1 Å². The lowest BCUT2D eigenvalue weighted by Gasteiger charge is -2.32. The summed E-state index contributed by atoms with van der Waals surface area (Å²) in [6, 6.07) is 4.13. The minimum atomic E-state index is 0.0171. The van der Waals surface area contributed by atoms with Crippen molar-refractivity contribution in [1.29, 1.82) is 0 Å². The number of carbonyl (C=O) groups excluding carboxylic acids is 1. The number of fused-ring (bicyclic) bond motifs is 1. The second-order valence-electron chi connectivity index (χ2n) is 6.53. The summed E-state index contributed by atoms with van der Waals surface area (Å²) in [6.07, 6.45) is 8.17. The number of hydrogen-bond acceptors (Lipinski definition) is 5. The average Bonchev–Trinajstić information content (AvgIpc) is 3.06. The highest BCUT2D eigenvalue weighted by atomic mass is 16.2. The molecule has 0 aliphatic carbocycles. The molecule has 0 spiro atoms. The van der Waals surface area contributed by atoms with Crippen molar-refractivity contribution in [3.8, 4) is 0 Å². The number of aromatic nitrogens is 3. The number of pyridine rings is 1. The van der Waals surface area contributed by atoms with Gasteiger partial charge in [0.15, 0.2) is 0 Å². The Kier molecular flexibility index (Phi) is 3.88. The van der Waals surface area contributed by atoms with Gasteiger partial charge < -0.3 is 9.80 Å². The number of rotatable bonds is 2. The summed E-state index contributed by atoms with van der Waals surface area (Å²) < 4.78 is 0. The Hall–Kier alpha value is -2.50. The summed E-state index contributed by atoms with van der Waals surface area (Å²) in [4.78, 5) is 29.9. The van der Waals surface area contributed by atoms with Crippen LogP contribution in [-0.4, -0.2) is 44.9 Å². The Bertz CT molecular complexity index is 748. The zero-order valence-electron chi connectivity index (χ0n) is 13.9. The van der Waals surface area contributed by atoms with Crippen LogP contribution in [0.3, 0.4) is 0 Å². The molecule has 6 nitrogen and oxygen atoms in total. The van der Waals surface area contributed by atoms with E-state index in [1.165, 1.54) is 18.4 Å². The van der Waals surface area contributed by atoms with E-state index in [2.05, 4.69) is 26.8 Å². The van der Waals surface area contributed by atoms with Crippen molar-refractivity contribution in [3.63, 3.8) is 0 Å². The molecule has 2 aromatic rings. The highest BCUT2D eigenvalue weighted by Gasteiger charge is 2.29. The number of nitrogens with zero attached hydrogens (tertiary/aromatic N) is 5. The highest BCUT2D eigenvalue weighted by molar-refractivity contribution is 5.94. The van der Waals surface area contributed by atoms with Crippen LogP contribution in [0, 0.1) is 0 Å². The van der Waals surface area contributed by atoms with E-state index in [1.807, 2.05) is 11.0 Å². The van der Waals surface area contributed by atoms with Gasteiger partial charge in [0.05, 0.1) is 17.8 Å². The van der Waals surface area contributed by atoms with Crippen LogP contribution in [0.4, 0.5) is 5.82 Å². The number of hydrogen-bond donors (Lipinski definition) is 0. The fourth-order valence-electron chi connectivity index (χ4n) is 3.68. The van der Waals surface area contributed by atoms with Crippen molar-refractivity contribution >= 4 is 11.7 Å². The zero-order chi connectivity index (χ0) is 16.5. The quantitative estimate of drug-likeness (QED) is 0.846. The van der Waals surface area contributed by atoms with Crippen LogP contribution in [0.1, 0.15) is 41.4 Å². The van der Waals surface area contributed by atoms with Crippen molar-refractivity contribution < 1.29 is 4.79 Å². The minimum absolute atomic E-state index is 0.0171. The van der Waals surface area contributed by atoms with Gasteiger partial charge in [0.2, 0.25) is 0 Å². The third-order valence-corrected chi connectivity index (χ3v) is 5.00. The van der Waals surface area contributed by atoms with Crippen LogP contribution >= 0.6 is 0 Å². The molecule has 1 amide bonds. The summed E-state index contributed by atoms with van der Waals surface area (Å²) in [7, 11) is 0. The van der Waals surface area contributed by atoms with E-state index in [0.717, 1.165) is 24.5 Å². The van der Waals surface area contributed by atoms with Crippen LogP contribution in [0.25, 0.3) is 0 Å². The largest absolute Gasteiger partial charge is 0.354 e. The van der Waals surface area contributed by atoms with Crippen molar-refractivity contribution in [2.24, 2.45) is 0 Å². The Morgan fingerprint density at radius 2 is 2.21 bits per heavy atom. The molecule has 2 aliphatic rings. The van der Waals surface area contributed by atoms with E-state index >= 15 is 0 Å². The van der Waals surface area contributed by atoms with Crippen molar-refractivity contribution in [1.82, 2.24) is 19.9 Å². The molecule has 0 radical (unpaired) electrons. The van der Waals surface area contributed by atoms with Crippen molar-refractivity contribution in [3.05, 3.63) is 47.7 Å². The van der Waals surface area contributed by atoms with Crippen molar-refractivity contribution in [2.45, 2.75) is 38.8 Å². The molecule has 6 heteroatoms. The maximum Gasteiger partial charge on any atom is 0.255 e. The topological polar surface area (TPSA) is 62.2 Å². The van der Waals surface area contributed by atoms with Crippen LogP contribution in [0.15, 0.2) is 30.9 Å². The average molecular weight is 323 g/mol. The van der Waals surface area contributed by atoms with E-state index in [9.17, 15) is 4.79 Å². The van der Waals surface area contributed by atoms with Gasteiger partial charge in [-0.05, 0) is 38.3 Å². The highest BCUT2D eigenvalue weighted by Crippen LogP contribution is 2.30. The molecule has 2 aliphatic heterocycles. The molecule has 24 heavy (non-hydrogen) atoms. The fourth-order valence-corrected chi connectivity index (χ4v) is 3.68. The van der Waals surface area contributed by atoms with Gasteiger partial charge in [-0.2, -0.15) is 0 Å². The second kappa shape index (κ2) is 6.19. The van der Waals surface area contributed by atoms with Gasteiger partial charge in [0.25, 0.3) is 5.91 Å². The molecule has 1 fully saturated rings. The molecule has 4 rings (SSSR count). The zero-order valence-corrected chi connectivity index (χ0v) is 13.9. The predicted octanol–water partition coefficient (Wildman–Crippen LogP) is 2.06. The summed E-state index contributed by atoms with van der Waals surface area (Å²) in [5.41, 5.74) is 2.81. The van der Waals surface area contributed by atoms with Gasteiger partial charge in [-0.25, -0.2) is 9.97 Å². The summed E-state index contributed by atoms with van der Waals surface area (Å²) in [5, 5.41) is 0. The molecule has 0 saturated carbocycles. The smallest absolute Gasteiger partial charge is 0.255 e. The van der Waals surface area contributed by atoms with E-state index < -0.39 is 0 Å². The maximum atomic E-state index is 12.6. The molecule has 124 valence electrons. The standard InChI is InChI=1S/C18H21N5O/c1-13-4-3-8-23(13)17-15-6-9-22(11-16(15)20-12-21-17)18(24)14-5-2-7-19-10-14/h2,5,7,10,12-13H,3-4,6,8-9,11H2,1H3/t13-/m0/s1. The molecule has 0 N–H and O–H groups in total. The first-order valence-electron chi connectivity index (χ1n) is 8.52. The maximum absolute atomic E-state index is 12.6. The SMILES string of the molecule is C[C@H]1CCCN1c1ncnc2c1CCN(C(=O)c1cccnc1)C2.